The molecule has 8 nitrogen and oxygen atoms in total. The minimum atomic E-state index is -0.478. The van der Waals surface area contributed by atoms with Crippen molar-refractivity contribution in [3.05, 3.63) is 41.3 Å². The zero-order valence-electron chi connectivity index (χ0n) is 10.4. The van der Waals surface area contributed by atoms with Crippen molar-refractivity contribution in [1.82, 2.24) is 29.4 Å². The second kappa shape index (κ2) is 4.89. The Labute approximate surface area is 118 Å². The molecule has 0 bridgehead atoms. The van der Waals surface area contributed by atoms with Crippen LogP contribution in [0.2, 0.25) is 5.02 Å². The van der Waals surface area contributed by atoms with E-state index in [9.17, 15) is 4.79 Å². The second-order valence-electron chi connectivity index (χ2n) is 3.97. The van der Waals surface area contributed by atoms with Gasteiger partial charge in [0.1, 0.15) is 19.2 Å². The summed E-state index contributed by atoms with van der Waals surface area (Å²) >= 11 is 6.09. The standard InChI is InChI=1S/C11H9ClN6O2/c1-20-11(19)7-2-8(12)10-16-15-9(18(10)3-7)4-17-6-13-5-14-17/h2-3,5-6H,4H2,1H3. The predicted octanol–water partition coefficient (Wildman–Crippen LogP) is 0.809. The molecule has 0 radical (unpaired) electrons. The first-order valence-corrected chi connectivity index (χ1v) is 6.00. The Morgan fingerprint density at radius 3 is 3.00 bits per heavy atom. The monoisotopic (exact) mass is 292 g/mol. The number of esters is 1. The lowest BCUT2D eigenvalue weighted by Gasteiger charge is -2.04. The number of rotatable bonds is 3. The number of methoxy groups -OCH3 is 1. The van der Waals surface area contributed by atoms with E-state index in [1.807, 2.05) is 0 Å². The summed E-state index contributed by atoms with van der Waals surface area (Å²) in [5.74, 6) is 0.104. The fraction of sp³-hybridized carbons (Fsp3) is 0.182. The van der Waals surface area contributed by atoms with Crippen LogP contribution in [-0.4, -0.2) is 42.4 Å². The van der Waals surface area contributed by atoms with Crippen molar-refractivity contribution in [2.45, 2.75) is 6.54 Å². The lowest BCUT2D eigenvalue weighted by atomic mass is 10.3. The van der Waals surface area contributed by atoms with Crippen molar-refractivity contribution in [3.63, 3.8) is 0 Å². The molecular weight excluding hydrogens is 284 g/mol. The Kier molecular flexibility index (Phi) is 3.07. The highest BCUT2D eigenvalue weighted by Crippen LogP contribution is 2.19. The van der Waals surface area contributed by atoms with Gasteiger partial charge in [-0.15, -0.1) is 10.2 Å². The predicted molar refractivity (Wildman–Crippen MR) is 68.5 cm³/mol. The first-order valence-electron chi connectivity index (χ1n) is 5.63. The number of carbonyl (C=O) groups is 1. The van der Waals surface area contributed by atoms with Gasteiger partial charge in [-0.1, -0.05) is 11.6 Å². The molecule has 0 spiro atoms. The van der Waals surface area contributed by atoms with Crippen LogP contribution in [-0.2, 0) is 11.3 Å². The maximum atomic E-state index is 11.6. The van der Waals surface area contributed by atoms with Crippen molar-refractivity contribution in [1.29, 1.82) is 0 Å². The molecule has 3 aromatic heterocycles. The third-order valence-corrected chi connectivity index (χ3v) is 3.00. The van der Waals surface area contributed by atoms with Gasteiger partial charge in [-0.05, 0) is 6.07 Å². The van der Waals surface area contributed by atoms with E-state index in [4.69, 9.17) is 11.6 Å². The summed E-state index contributed by atoms with van der Waals surface area (Å²) in [7, 11) is 1.31. The normalized spacial score (nSPS) is 10.9. The molecule has 0 unspecified atom stereocenters. The average Bonchev–Trinajstić information content (AvgIpc) is 3.09. The second-order valence-corrected chi connectivity index (χ2v) is 4.38. The number of aromatic nitrogens is 6. The quantitative estimate of drug-likeness (QED) is 0.664. The van der Waals surface area contributed by atoms with Crippen molar-refractivity contribution >= 4 is 23.2 Å². The molecule has 3 heterocycles. The molecule has 9 heteroatoms. The summed E-state index contributed by atoms with van der Waals surface area (Å²) in [4.78, 5) is 15.5. The van der Waals surface area contributed by atoms with Crippen LogP contribution in [0.1, 0.15) is 16.2 Å². The van der Waals surface area contributed by atoms with Gasteiger partial charge in [0.05, 0.1) is 17.7 Å². The number of hydrogen-bond donors (Lipinski definition) is 0. The summed E-state index contributed by atoms with van der Waals surface area (Å²) in [6, 6.07) is 1.50. The van der Waals surface area contributed by atoms with Crippen LogP contribution < -0.4 is 0 Å². The average molecular weight is 293 g/mol. The van der Waals surface area contributed by atoms with Crippen LogP contribution in [0.4, 0.5) is 0 Å². The summed E-state index contributed by atoms with van der Waals surface area (Å²) < 4.78 is 7.91. The number of carbonyl (C=O) groups excluding carboxylic acids is 1. The van der Waals surface area contributed by atoms with Gasteiger partial charge in [-0.3, -0.25) is 4.40 Å². The van der Waals surface area contributed by atoms with Gasteiger partial charge < -0.3 is 4.74 Å². The van der Waals surface area contributed by atoms with E-state index >= 15 is 0 Å². The van der Waals surface area contributed by atoms with Gasteiger partial charge >= 0.3 is 5.97 Å². The summed E-state index contributed by atoms with van der Waals surface area (Å²) in [6.45, 7) is 0.363. The van der Waals surface area contributed by atoms with Crippen LogP contribution in [0.15, 0.2) is 24.9 Å². The highest BCUT2D eigenvalue weighted by atomic mass is 35.5. The van der Waals surface area contributed by atoms with Crippen LogP contribution in [0, 0.1) is 0 Å². The van der Waals surface area contributed by atoms with Gasteiger partial charge in [-0.25, -0.2) is 14.5 Å². The Bertz CT molecular complexity index is 767. The molecule has 3 aromatic rings. The van der Waals surface area contributed by atoms with E-state index in [1.54, 1.807) is 21.6 Å². The van der Waals surface area contributed by atoms with E-state index in [1.165, 1.54) is 19.5 Å². The van der Waals surface area contributed by atoms with E-state index in [-0.39, 0.29) is 0 Å². The number of fused-ring (bicyclic) bond motifs is 1. The van der Waals surface area contributed by atoms with Gasteiger partial charge in [0.15, 0.2) is 11.5 Å². The minimum Gasteiger partial charge on any atom is -0.465 e. The van der Waals surface area contributed by atoms with Crippen molar-refractivity contribution in [2.24, 2.45) is 0 Å². The van der Waals surface area contributed by atoms with Gasteiger partial charge in [-0.2, -0.15) is 5.10 Å². The fourth-order valence-electron chi connectivity index (χ4n) is 1.80. The molecule has 0 amide bonds. The third-order valence-electron chi connectivity index (χ3n) is 2.72. The molecule has 0 aliphatic heterocycles. The molecule has 0 fully saturated rings. The zero-order valence-corrected chi connectivity index (χ0v) is 11.2. The molecule has 0 atom stereocenters. The summed E-state index contributed by atoms with van der Waals surface area (Å²) in [6.07, 6.45) is 4.57. The fourth-order valence-corrected chi connectivity index (χ4v) is 2.04. The number of pyridine rings is 1. The SMILES string of the molecule is COC(=O)c1cc(Cl)c2nnc(Cn3cncn3)n2c1. The van der Waals surface area contributed by atoms with Crippen LogP contribution in [0.5, 0.6) is 0 Å². The number of nitrogens with zero attached hydrogens (tertiary/aromatic N) is 6. The molecule has 0 saturated carbocycles. The molecule has 0 N–H and O–H groups in total. The Hall–Kier alpha value is -2.48. The molecule has 20 heavy (non-hydrogen) atoms. The largest absolute Gasteiger partial charge is 0.465 e. The highest BCUT2D eigenvalue weighted by molar-refractivity contribution is 6.33. The maximum absolute atomic E-state index is 11.6. The van der Waals surface area contributed by atoms with E-state index in [0.717, 1.165) is 0 Å². The first kappa shape index (κ1) is 12.5. The number of halogens is 1. The Morgan fingerprint density at radius 2 is 2.30 bits per heavy atom. The Balaban J connectivity index is 2.09. The third kappa shape index (κ3) is 2.10. The maximum Gasteiger partial charge on any atom is 0.339 e. The summed E-state index contributed by atoms with van der Waals surface area (Å²) in [5.41, 5.74) is 0.791. The van der Waals surface area contributed by atoms with Gasteiger partial charge in [0.25, 0.3) is 0 Å². The molecule has 102 valence electrons. The lowest BCUT2D eigenvalue weighted by molar-refractivity contribution is 0.0600. The van der Waals surface area contributed by atoms with E-state index in [0.29, 0.717) is 28.6 Å². The smallest absolute Gasteiger partial charge is 0.339 e. The molecular formula is C11H9ClN6O2. The minimum absolute atomic E-state index is 0.324. The van der Waals surface area contributed by atoms with Crippen molar-refractivity contribution in [3.8, 4) is 0 Å². The van der Waals surface area contributed by atoms with Crippen LogP contribution in [0.25, 0.3) is 5.65 Å². The number of hydrogen-bond acceptors (Lipinski definition) is 6. The lowest BCUT2D eigenvalue weighted by Crippen LogP contribution is -2.07. The zero-order chi connectivity index (χ0) is 14.1. The molecule has 0 aliphatic carbocycles. The summed E-state index contributed by atoms with van der Waals surface area (Å²) in [5, 5.41) is 12.4. The molecule has 0 saturated heterocycles. The molecule has 0 aromatic carbocycles. The van der Waals surface area contributed by atoms with E-state index in [2.05, 4.69) is 25.0 Å². The first-order chi connectivity index (χ1) is 9.69. The van der Waals surface area contributed by atoms with E-state index < -0.39 is 5.97 Å². The topological polar surface area (TPSA) is 87.2 Å². The van der Waals surface area contributed by atoms with Gasteiger partial charge in [0, 0.05) is 6.20 Å². The van der Waals surface area contributed by atoms with Crippen LogP contribution >= 0.6 is 11.6 Å². The Morgan fingerprint density at radius 1 is 1.45 bits per heavy atom. The molecule has 3 rings (SSSR count). The van der Waals surface area contributed by atoms with Gasteiger partial charge in [0.2, 0.25) is 0 Å². The highest BCUT2D eigenvalue weighted by Gasteiger charge is 2.14. The number of ether oxygens (including phenoxy) is 1. The van der Waals surface area contributed by atoms with Crippen molar-refractivity contribution in [2.75, 3.05) is 7.11 Å². The van der Waals surface area contributed by atoms with Crippen molar-refractivity contribution < 1.29 is 9.53 Å². The van der Waals surface area contributed by atoms with Crippen LogP contribution in [0.3, 0.4) is 0 Å². The molecule has 0 aliphatic rings.